The number of likely N-dealkylation sites (tertiary alicyclic amines) is 1. The number of hydrogen-bond acceptors (Lipinski definition) is 4. The highest BCUT2D eigenvalue weighted by molar-refractivity contribution is 7.88. The normalized spacial score (nSPS) is 21.3. The molecule has 0 aliphatic carbocycles. The third kappa shape index (κ3) is 6.62. The minimum absolute atomic E-state index is 0.00373. The molecule has 0 spiro atoms. The molecule has 0 radical (unpaired) electrons. The van der Waals surface area contributed by atoms with E-state index in [-0.39, 0.29) is 13.1 Å². The van der Waals surface area contributed by atoms with Gasteiger partial charge in [-0.15, -0.1) is 0 Å². The van der Waals surface area contributed by atoms with Crippen LogP contribution in [0.5, 0.6) is 0 Å². The van der Waals surface area contributed by atoms with Gasteiger partial charge < -0.3 is 9.64 Å². The Bertz CT molecular complexity index is 424. The Balaban J connectivity index is 2.48. The van der Waals surface area contributed by atoms with Crippen molar-refractivity contribution in [3.63, 3.8) is 0 Å². The summed E-state index contributed by atoms with van der Waals surface area (Å²) in [5.74, 6) is 0. The Morgan fingerprint density at radius 3 is 2.63 bits per heavy atom. The van der Waals surface area contributed by atoms with E-state index < -0.39 is 34.9 Å². The minimum Gasteiger partial charge on any atom is -0.440 e. The van der Waals surface area contributed by atoms with Gasteiger partial charge in [-0.1, -0.05) is 0 Å². The van der Waals surface area contributed by atoms with Crippen LogP contribution >= 0.6 is 0 Å². The number of ether oxygens (including phenoxy) is 1. The summed E-state index contributed by atoms with van der Waals surface area (Å²) in [5, 5.41) is 0. The molecule has 1 heterocycles. The monoisotopic (exact) mass is 304 g/mol. The maximum Gasteiger partial charge on any atom is 0.422 e. The maximum atomic E-state index is 11.9. The van der Waals surface area contributed by atoms with Crippen LogP contribution in [-0.4, -0.2) is 57.6 Å². The number of carbonyl (C=O) groups excluding carboxylic acids is 1. The second-order valence-corrected chi connectivity index (χ2v) is 6.12. The van der Waals surface area contributed by atoms with E-state index in [1.165, 1.54) is 0 Å². The topological polar surface area (TPSA) is 75.7 Å². The molecule has 0 bridgehead atoms. The number of sulfonamides is 1. The predicted molar refractivity (Wildman–Crippen MR) is 60.0 cm³/mol. The largest absolute Gasteiger partial charge is 0.440 e. The molecule has 1 unspecified atom stereocenters. The average molecular weight is 304 g/mol. The number of amides is 1. The predicted octanol–water partition coefficient (Wildman–Crippen LogP) is 0.699. The van der Waals surface area contributed by atoms with Crippen LogP contribution in [0.25, 0.3) is 0 Å². The lowest BCUT2D eigenvalue weighted by molar-refractivity contribution is -0.162. The van der Waals surface area contributed by atoms with Crippen LogP contribution in [0, 0.1) is 0 Å². The highest BCUT2D eigenvalue weighted by Crippen LogP contribution is 2.17. The van der Waals surface area contributed by atoms with Gasteiger partial charge in [0.05, 0.1) is 6.26 Å². The van der Waals surface area contributed by atoms with Crippen molar-refractivity contribution >= 4 is 16.1 Å². The first-order valence-electron chi connectivity index (χ1n) is 5.52. The van der Waals surface area contributed by atoms with Crippen molar-refractivity contribution in [2.75, 3.05) is 26.0 Å². The molecule has 0 saturated carbocycles. The molecular formula is C9H15F3N2O4S. The van der Waals surface area contributed by atoms with Gasteiger partial charge >= 0.3 is 12.3 Å². The summed E-state index contributed by atoms with van der Waals surface area (Å²) in [7, 11) is -3.42. The molecule has 10 heteroatoms. The van der Waals surface area contributed by atoms with Crippen LogP contribution in [0.4, 0.5) is 18.0 Å². The van der Waals surface area contributed by atoms with Gasteiger partial charge in [0.2, 0.25) is 10.0 Å². The lowest BCUT2D eigenvalue weighted by Gasteiger charge is -2.32. The summed E-state index contributed by atoms with van der Waals surface area (Å²) in [6.07, 6.45) is -3.66. The first kappa shape index (κ1) is 16.0. The van der Waals surface area contributed by atoms with E-state index in [9.17, 15) is 26.4 Å². The SMILES string of the molecule is CS(=O)(=O)NC1CCCN(C(=O)OCC(F)(F)F)C1. The Labute approximate surface area is 108 Å². The minimum atomic E-state index is -4.57. The summed E-state index contributed by atoms with van der Waals surface area (Å²) < 4.78 is 64.2. The standard InChI is InChI=1S/C9H15F3N2O4S/c1-19(16,17)13-7-3-2-4-14(5-7)8(15)18-6-9(10,11)12/h7,13H,2-6H2,1H3. The lowest BCUT2D eigenvalue weighted by atomic mass is 10.1. The molecule has 1 atom stereocenters. The van der Waals surface area contributed by atoms with Crippen LogP contribution in [-0.2, 0) is 14.8 Å². The van der Waals surface area contributed by atoms with Gasteiger partial charge in [0.1, 0.15) is 0 Å². The van der Waals surface area contributed by atoms with Crippen molar-refractivity contribution in [3.8, 4) is 0 Å². The Morgan fingerprint density at radius 1 is 1.47 bits per heavy atom. The van der Waals surface area contributed by atoms with E-state index >= 15 is 0 Å². The van der Waals surface area contributed by atoms with Gasteiger partial charge in [-0.3, -0.25) is 0 Å². The fourth-order valence-corrected chi connectivity index (χ4v) is 2.57. The molecule has 1 amide bonds. The number of piperidine rings is 1. The van der Waals surface area contributed by atoms with E-state index in [4.69, 9.17) is 0 Å². The smallest absolute Gasteiger partial charge is 0.422 e. The number of hydrogen-bond donors (Lipinski definition) is 1. The number of rotatable bonds is 3. The van der Waals surface area contributed by atoms with Gasteiger partial charge in [0.15, 0.2) is 6.61 Å². The molecule has 112 valence electrons. The molecule has 1 rings (SSSR count). The third-order valence-corrected chi connectivity index (χ3v) is 3.18. The molecule has 0 aromatic carbocycles. The fourth-order valence-electron chi connectivity index (χ4n) is 1.78. The zero-order valence-electron chi connectivity index (χ0n) is 10.2. The number of alkyl halides is 3. The van der Waals surface area contributed by atoms with Crippen molar-refractivity contribution in [3.05, 3.63) is 0 Å². The number of carbonyl (C=O) groups is 1. The molecule has 1 aliphatic heterocycles. The molecule has 1 fully saturated rings. The summed E-state index contributed by atoms with van der Waals surface area (Å²) in [4.78, 5) is 12.4. The average Bonchev–Trinajstić information content (AvgIpc) is 2.23. The van der Waals surface area contributed by atoms with E-state index in [0.717, 1.165) is 11.2 Å². The summed E-state index contributed by atoms with van der Waals surface area (Å²) in [6.45, 7) is -1.39. The van der Waals surface area contributed by atoms with Crippen LogP contribution < -0.4 is 4.72 Å². The van der Waals surface area contributed by atoms with Gasteiger partial charge in [-0.2, -0.15) is 13.2 Å². The van der Waals surface area contributed by atoms with Gasteiger partial charge in [-0.25, -0.2) is 17.9 Å². The Hall–Kier alpha value is -1.03. The Kier molecular flexibility index (Phi) is 5.02. The quantitative estimate of drug-likeness (QED) is 0.833. The number of nitrogens with zero attached hydrogens (tertiary/aromatic N) is 1. The zero-order chi connectivity index (χ0) is 14.7. The van der Waals surface area contributed by atoms with Crippen molar-refractivity contribution in [1.29, 1.82) is 0 Å². The van der Waals surface area contributed by atoms with E-state index in [1.807, 2.05) is 0 Å². The van der Waals surface area contributed by atoms with Crippen molar-refractivity contribution in [2.24, 2.45) is 0 Å². The van der Waals surface area contributed by atoms with Gasteiger partial charge in [0.25, 0.3) is 0 Å². The van der Waals surface area contributed by atoms with E-state index in [0.29, 0.717) is 12.8 Å². The van der Waals surface area contributed by atoms with Crippen LogP contribution in [0.1, 0.15) is 12.8 Å². The van der Waals surface area contributed by atoms with Crippen LogP contribution in [0.15, 0.2) is 0 Å². The first-order valence-corrected chi connectivity index (χ1v) is 7.42. The van der Waals surface area contributed by atoms with E-state index in [1.54, 1.807) is 0 Å². The van der Waals surface area contributed by atoms with E-state index in [2.05, 4.69) is 9.46 Å². The van der Waals surface area contributed by atoms with Crippen LogP contribution in [0.3, 0.4) is 0 Å². The highest BCUT2D eigenvalue weighted by Gasteiger charge is 2.32. The molecule has 1 saturated heterocycles. The highest BCUT2D eigenvalue weighted by atomic mass is 32.2. The summed E-state index contributed by atoms with van der Waals surface area (Å²) in [5.41, 5.74) is 0. The molecule has 0 aromatic heterocycles. The second-order valence-electron chi connectivity index (χ2n) is 4.34. The summed E-state index contributed by atoms with van der Waals surface area (Å²) in [6, 6.07) is -0.498. The Morgan fingerprint density at radius 2 is 2.11 bits per heavy atom. The van der Waals surface area contributed by atoms with Crippen molar-refractivity contribution in [2.45, 2.75) is 25.1 Å². The third-order valence-electron chi connectivity index (χ3n) is 2.42. The lowest BCUT2D eigenvalue weighted by Crippen LogP contribution is -2.49. The van der Waals surface area contributed by atoms with Crippen molar-refractivity contribution < 1.29 is 31.1 Å². The molecule has 6 nitrogen and oxygen atoms in total. The number of nitrogens with one attached hydrogen (secondary N) is 1. The van der Waals surface area contributed by atoms with Crippen LogP contribution in [0.2, 0.25) is 0 Å². The zero-order valence-corrected chi connectivity index (χ0v) is 11.1. The van der Waals surface area contributed by atoms with Crippen molar-refractivity contribution in [1.82, 2.24) is 9.62 Å². The maximum absolute atomic E-state index is 11.9. The van der Waals surface area contributed by atoms with Gasteiger partial charge in [-0.05, 0) is 12.8 Å². The molecular weight excluding hydrogens is 289 g/mol. The van der Waals surface area contributed by atoms with Gasteiger partial charge in [0, 0.05) is 19.1 Å². The number of halogens is 3. The molecule has 19 heavy (non-hydrogen) atoms. The fraction of sp³-hybridized carbons (Fsp3) is 0.889. The molecule has 0 aromatic rings. The second kappa shape index (κ2) is 5.95. The molecule has 1 aliphatic rings. The summed E-state index contributed by atoms with van der Waals surface area (Å²) >= 11 is 0. The molecule has 1 N–H and O–H groups in total. The first-order chi connectivity index (χ1) is 8.57.